The average Bonchev–Trinajstić information content (AvgIpc) is 2.49. The molecule has 92 valence electrons. The van der Waals surface area contributed by atoms with Gasteiger partial charge in [0.1, 0.15) is 0 Å². The van der Waals surface area contributed by atoms with E-state index in [1.807, 2.05) is 7.05 Å². The van der Waals surface area contributed by atoms with E-state index < -0.39 is 0 Å². The molecule has 0 aliphatic heterocycles. The van der Waals surface area contributed by atoms with Crippen LogP contribution in [0.5, 0.6) is 0 Å². The monoisotopic (exact) mass is 224 g/mol. The Balaban J connectivity index is 2.72. The number of aryl methyl sites for hydroxylation is 1. The van der Waals surface area contributed by atoms with Gasteiger partial charge in [-0.25, -0.2) is 0 Å². The lowest BCUT2D eigenvalue weighted by molar-refractivity contribution is 0.370. The highest BCUT2D eigenvalue weighted by molar-refractivity contribution is 5.24. The van der Waals surface area contributed by atoms with E-state index >= 15 is 0 Å². The summed E-state index contributed by atoms with van der Waals surface area (Å²) in [4.78, 5) is 2.18. The number of hydrogen-bond acceptors (Lipinski definition) is 3. The Labute approximate surface area is 98.6 Å². The van der Waals surface area contributed by atoms with Crippen LogP contribution in [0.1, 0.15) is 17.0 Å². The molecule has 0 radical (unpaired) electrons. The lowest BCUT2D eigenvalue weighted by atomic mass is 10.1. The highest BCUT2D eigenvalue weighted by Crippen LogP contribution is 2.13. The van der Waals surface area contributed by atoms with Crippen molar-refractivity contribution in [3.63, 3.8) is 0 Å². The van der Waals surface area contributed by atoms with Crippen molar-refractivity contribution in [1.82, 2.24) is 20.0 Å². The van der Waals surface area contributed by atoms with Crippen LogP contribution in [0, 0.1) is 13.8 Å². The lowest BCUT2D eigenvalue weighted by Gasteiger charge is -2.10. The molecule has 0 aliphatic rings. The molecule has 0 bridgehead atoms. The Hall–Kier alpha value is -0.870. The molecule has 0 atom stereocenters. The van der Waals surface area contributed by atoms with E-state index in [4.69, 9.17) is 0 Å². The van der Waals surface area contributed by atoms with Crippen molar-refractivity contribution in [1.29, 1.82) is 0 Å². The Kier molecular flexibility index (Phi) is 4.96. The van der Waals surface area contributed by atoms with Gasteiger partial charge in [0.05, 0.1) is 12.2 Å². The van der Waals surface area contributed by atoms with E-state index in [2.05, 4.69) is 47.9 Å². The summed E-state index contributed by atoms with van der Waals surface area (Å²) in [6, 6.07) is 0. The normalized spacial score (nSPS) is 11.4. The summed E-state index contributed by atoms with van der Waals surface area (Å²) in [6.07, 6.45) is 1.07. The highest BCUT2D eigenvalue weighted by Gasteiger charge is 2.10. The van der Waals surface area contributed by atoms with Gasteiger partial charge in [-0.3, -0.25) is 4.68 Å². The van der Waals surface area contributed by atoms with Crippen molar-refractivity contribution in [2.24, 2.45) is 0 Å². The van der Waals surface area contributed by atoms with Crippen molar-refractivity contribution < 1.29 is 0 Å². The zero-order valence-corrected chi connectivity index (χ0v) is 11.2. The first-order valence-electron chi connectivity index (χ1n) is 5.88. The third-order valence-electron chi connectivity index (χ3n) is 2.92. The predicted octanol–water partition coefficient (Wildman–Crippen LogP) is 0.823. The van der Waals surface area contributed by atoms with Crippen molar-refractivity contribution in [3.8, 4) is 0 Å². The predicted molar refractivity (Wildman–Crippen MR) is 67.9 cm³/mol. The van der Waals surface area contributed by atoms with Crippen LogP contribution in [0.3, 0.4) is 0 Å². The largest absolute Gasteiger partial charge is 0.319 e. The van der Waals surface area contributed by atoms with Gasteiger partial charge in [0, 0.05) is 12.2 Å². The van der Waals surface area contributed by atoms with Crippen molar-refractivity contribution in [2.75, 3.05) is 34.2 Å². The fourth-order valence-electron chi connectivity index (χ4n) is 1.86. The van der Waals surface area contributed by atoms with Gasteiger partial charge in [0.25, 0.3) is 0 Å². The number of rotatable bonds is 6. The zero-order chi connectivity index (χ0) is 12.1. The Morgan fingerprint density at radius 3 is 2.56 bits per heavy atom. The first-order valence-corrected chi connectivity index (χ1v) is 5.88. The van der Waals surface area contributed by atoms with Gasteiger partial charge in [-0.2, -0.15) is 5.10 Å². The molecule has 1 aromatic rings. The molecule has 16 heavy (non-hydrogen) atoms. The van der Waals surface area contributed by atoms with Gasteiger partial charge >= 0.3 is 0 Å². The molecule has 4 heteroatoms. The Bertz CT molecular complexity index is 328. The molecule has 0 amide bonds. The minimum atomic E-state index is 0.971. The lowest BCUT2D eigenvalue weighted by Crippen LogP contribution is -2.19. The molecule has 0 aromatic carbocycles. The second kappa shape index (κ2) is 6.01. The second-order valence-electron chi connectivity index (χ2n) is 4.53. The summed E-state index contributed by atoms with van der Waals surface area (Å²) in [6.45, 7) is 7.29. The molecule has 4 nitrogen and oxygen atoms in total. The molecule has 0 aliphatic carbocycles. The number of likely N-dealkylation sites (N-methyl/N-ethyl adjacent to an activating group) is 2. The molecule has 0 saturated carbocycles. The molecule has 0 unspecified atom stereocenters. The van der Waals surface area contributed by atoms with Crippen LogP contribution in [0.4, 0.5) is 0 Å². The minimum absolute atomic E-state index is 0.971. The molecule has 0 spiro atoms. The van der Waals surface area contributed by atoms with E-state index in [0.29, 0.717) is 0 Å². The molecule has 1 rings (SSSR count). The second-order valence-corrected chi connectivity index (χ2v) is 4.53. The third kappa shape index (κ3) is 3.32. The standard InChI is InChI=1S/C12H24N4/c1-10-12(6-7-13-3)11(2)16(14-10)9-8-15(4)5/h13H,6-9H2,1-5H3. The van der Waals surface area contributed by atoms with Crippen LogP contribution < -0.4 is 5.32 Å². The molecule has 0 saturated heterocycles. The van der Waals surface area contributed by atoms with Crippen LogP contribution in [0.15, 0.2) is 0 Å². The van der Waals surface area contributed by atoms with E-state index in [1.54, 1.807) is 0 Å². The van der Waals surface area contributed by atoms with E-state index in [0.717, 1.165) is 26.1 Å². The Morgan fingerprint density at radius 1 is 1.31 bits per heavy atom. The van der Waals surface area contributed by atoms with Gasteiger partial charge in [0.2, 0.25) is 0 Å². The SMILES string of the molecule is CNCCc1c(C)nn(CCN(C)C)c1C. The maximum absolute atomic E-state index is 4.60. The number of hydrogen-bond donors (Lipinski definition) is 1. The number of nitrogens with zero attached hydrogens (tertiary/aromatic N) is 3. The third-order valence-corrected chi connectivity index (χ3v) is 2.92. The van der Waals surface area contributed by atoms with Crippen molar-refractivity contribution in [2.45, 2.75) is 26.8 Å². The smallest absolute Gasteiger partial charge is 0.0628 e. The van der Waals surface area contributed by atoms with Crippen LogP contribution in [-0.2, 0) is 13.0 Å². The van der Waals surface area contributed by atoms with E-state index in [1.165, 1.54) is 17.0 Å². The summed E-state index contributed by atoms with van der Waals surface area (Å²) in [5.74, 6) is 0. The molecule has 1 N–H and O–H groups in total. The van der Waals surface area contributed by atoms with Gasteiger partial charge in [0.15, 0.2) is 0 Å². The summed E-state index contributed by atoms with van der Waals surface area (Å²) in [5.41, 5.74) is 3.88. The van der Waals surface area contributed by atoms with Gasteiger partial charge in [-0.15, -0.1) is 0 Å². The molecular formula is C12H24N4. The van der Waals surface area contributed by atoms with Crippen molar-refractivity contribution in [3.05, 3.63) is 17.0 Å². The number of nitrogens with one attached hydrogen (secondary N) is 1. The van der Waals surface area contributed by atoms with Crippen molar-refractivity contribution >= 4 is 0 Å². The highest BCUT2D eigenvalue weighted by atomic mass is 15.3. The van der Waals surface area contributed by atoms with E-state index in [-0.39, 0.29) is 0 Å². The van der Waals surface area contributed by atoms with Crippen LogP contribution in [-0.4, -0.2) is 48.9 Å². The molecular weight excluding hydrogens is 200 g/mol. The fourth-order valence-corrected chi connectivity index (χ4v) is 1.86. The zero-order valence-electron chi connectivity index (χ0n) is 11.2. The Morgan fingerprint density at radius 2 is 2.00 bits per heavy atom. The van der Waals surface area contributed by atoms with Gasteiger partial charge in [-0.05, 0) is 53.5 Å². The first-order chi connectivity index (χ1) is 7.56. The maximum atomic E-state index is 4.60. The van der Waals surface area contributed by atoms with Crippen LogP contribution >= 0.6 is 0 Å². The topological polar surface area (TPSA) is 33.1 Å². The minimum Gasteiger partial charge on any atom is -0.319 e. The summed E-state index contributed by atoms with van der Waals surface area (Å²) in [7, 11) is 6.17. The van der Waals surface area contributed by atoms with Gasteiger partial charge in [-0.1, -0.05) is 0 Å². The fraction of sp³-hybridized carbons (Fsp3) is 0.750. The molecule has 0 fully saturated rings. The van der Waals surface area contributed by atoms with Crippen LogP contribution in [0.25, 0.3) is 0 Å². The summed E-state index contributed by atoms with van der Waals surface area (Å²) < 4.78 is 2.13. The van der Waals surface area contributed by atoms with Gasteiger partial charge < -0.3 is 10.2 Å². The summed E-state index contributed by atoms with van der Waals surface area (Å²) >= 11 is 0. The summed E-state index contributed by atoms with van der Waals surface area (Å²) in [5, 5.41) is 7.78. The molecule has 1 aromatic heterocycles. The quantitative estimate of drug-likeness (QED) is 0.777. The first kappa shape index (κ1) is 13.2. The number of aromatic nitrogens is 2. The average molecular weight is 224 g/mol. The molecule has 1 heterocycles. The van der Waals surface area contributed by atoms with Crippen LogP contribution in [0.2, 0.25) is 0 Å². The van der Waals surface area contributed by atoms with E-state index in [9.17, 15) is 0 Å². The maximum Gasteiger partial charge on any atom is 0.0628 e.